The number of aromatic nitrogens is 3. The second kappa shape index (κ2) is 8.25. The van der Waals surface area contributed by atoms with E-state index in [9.17, 15) is 4.79 Å². The van der Waals surface area contributed by atoms with E-state index >= 15 is 0 Å². The first-order valence-electron chi connectivity index (χ1n) is 7.92. The predicted molar refractivity (Wildman–Crippen MR) is 104 cm³/mol. The van der Waals surface area contributed by atoms with E-state index in [4.69, 9.17) is 17.3 Å². The number of thioether (sulfide) groups is 1. The Morgan fingerprint density at radius 1 is 1.23 bits per heavy atom. The molecule has 0 aliphatic heterocycles. The third kappa shape index (κ3) is 4.17. The summed E-state index contributed by atoms with van der Waals surface area (Å²) in [6.45, 7) is 0.742. The fourth-order valence-electron chi connectivity index (χ4n) is 2.40. The molecule has 134 valence electrons. The molecule has 0 unspecified atom stereocenters. The van der Waals surface area contributed by atoms with Gasteiger partial charge in [-0.05, 0) is 35.6 Å². The van der Waals surface area contributed by atoms with Gasteiger partial charge in [-0.2, -0.15) is 0 Å². The van der Waals surface area contributed by atoms with Crippen LogP contribution < -0.4 is 11.1 Å². The summed E-state index contributed by atoms with van der Waals surface area (Å²) in [5.41, 5.74) is 8.01. The molecule has 2 aromatic carbocycles. The molecule has 3 rings (SSSR count). The summed E-state index contributed by atoms with van der Waals surface area (Å²) < 4.78 is 1.51. The molecule has 0 fully saturated rings. The Balaban J connectivity index is 1.67. The van der Waals surface area contributed by atoms with Crippen LogP contribution in [0.15, 0.2) is 53.4 Å². The van der Waals surface area contributed by atoms with Gasteiger partial charge in [-0.3, -0.25) is 4.79 Å². The van der Waals surface area contributed by atoms with E-state index < -0.39 is 0 Å². The number of amides is 1. The maximum Gasteiger partial charge on any atom is 0.275 e. The minimum absolute atomic E-state index is 0.109. The molecule has 0 aliphatic rings. The van der Waals surface area contributed by atoms with Crippen molar-refractivity contribution in [3.63, 3.8) is 0 Å². The lowest BCUT2D eigenvalue weighted by Crippen LogP contribution is -2.24. The molecule has 0 radical (unpaired) electrons. The Labute approximate surface area is 160 Å². The van der Waals surface area contributed by atoms with Crippen molar-refractivity contribution < 1.29 is 4.79 Å². The molecule has 0 atom stereocenters. The number of carbonyl (C=O) groups excluding carboxylic acids is 1. The van der Waals surface area contributed by atoms with Gasteiger partial charge in [-0.25, -0.2) is 4.68 Å². The summed E-state index contributed by atoms with van der Waals surface area (Å²) in [5.74, 6) is -0.151. The van der Waals surface area contributed by atoms with E-state index in [1.54, 1.807) is 17.8 Å². The van der Waals surface area contributed by atoms with E-state index in [1.165, 1.54) is 9.58 Å². The lowest BCUT2D eigenvalue weighted by Gasteiger charge is -2.07. The van der Waals surface area contributed by atoms with Gasteiger partial charge in [-0.1, -0.05) is 47.1 Å². The summed E-state index contributed by atoms with van der Waals surface area (Å²) in [6.07, 6.45) is 2.03. The lowest BCUT2D eigenvalue weighted by molar-refractivity contribution is 0.0947. The van der Waals surface area contributed by atoms with E-state index in [0.717, 1.165) is 11.1 Å². The minimum atomic E-state index is -0.383. The summed E-state index contributed by atoms with van der Waals surface area (Å²) in [5, 5.41) is 11.3. The first kappa shape index (κ1) is 18.3. The highest BCUT2D eigenvalue weighted by molar-refractivity contribution is 7.98. The van der Waals surface area contributed by atoms with Gasteiger partial charge < -0.3 is 11.1 Å². The monoisotopic (exact) mass is 387 g/mol. The smallest absolute Gasteiger partial charge is 0.275 e. The highest BCUT2D eigenvalue weighted by atomic mass is 35.5. The van der Waals surface area contributed by atoms with Gasteiger partial charge in [0.15, 0.2) is 11.5 Å². The number of rotatable bonds is 6. The van der Waals surface area contributed by atoms with E-state index in [2.05, 4.69) is 15.6 Å². The average molecular weight is 388 g/mol. The predicted octanol–water partition coefficient (Wildman–Crippen LogP) is 3.21. The largest absolute Gasteiger partial charge is 0.382 e. The molecule has 8 heteroatoms. The van der Waals surface area contributed by atoms with Crippen molar-refractivity contribution >= 4 is 35.1 Å². The Bertz CT molecular complexity index is 910. The number of nitrogens with one attached hydrogen (secondary N) is 1. The highest BCUT2D eigenvalue weighted by Gasteiger charge is 2.17. The van der Waals surface area contributed by atoms with Crippen molar-refractivity contribution in [3.05, 3.63) is 70.4 Å². The number of nitrogens with zero attached hydrogens (tertiary/aromatic N) is 3. The number of carbonyl (C=O) groups is 1. The van der Waals surface area contributed by atoms with Gasteiger partial charge >= 0.3 is 0 Å². The van der Waals surface area contributed by atoms with Crippen LogP contribution >= 0.6 is 23.4 Å². The number of benzene rings is 2. The molecule has 3 N–H and O–H groups in total. The van der Waals surface area contributed by atoms with Gasteiger partial charge in [-0.15, -0.1) is 16.9 Å². The number of hydrogen-bond donors (Lipinski definition) is 2. The van der Waals surface area contributed by atoms with Crippen LogP contribution in [0.4, 0.5) is 5.82 Å². The molecular formula is C18H18ClN5OS. The molecule has 1 heterocycles. The normalized spacial score (nSPS) is 10.7. The zero-order chi connectivity index (χ0) is 18.5. The fraction of sp³-hybridized carbons (Fsp3) is 0.167. The summed E-state index contributed by atoms with van der Waals surface area (Å²) in [4.78, 5) is 13.5. The van der Waals surface area contributed by atoms with Crippen LogP contribution in [0.1, 0.15) is 21.6 Å². The molecule has 0 bridgehead atoms. The molecular weight excluding hydrogens is 370 g/mol. The van der Waals surface area contributed by atoms with E-state index in [0.29, 0.717) is 18.1 Å². The molecule has 0 saturated heterocycles. The first-order valence-corrected chi connectivity index (χ1v) is 9.52. The SMILES string of the molecule is CSc1ccc(Cn2nnc(C(=O)NCc3ccccc3Cl)c2N)cc1. The summed E-state index contributed by atoms with van der Waals surface area (Å²) >= 11 is 7.77. The molecule has 6 nitrogen and oxygen atoms in total. The van der Waals surface area contributed by atoms with Crippen molar-refractivity contribution in [2.45, 2.75) is 18.0 Å². The summed E-state index contributed by atoms with van der Waals surface area (Å²) in [6, 6.07) is 15.4. The van der Waals surface area contributed by atoms with Crippen LogP contribution in [-0.4, -0.2) is 27.2 Å². The molecule has 1 amide bonds. The molecule has 0 aliphatic carbocycles. The average Bonchev–Trinajstić information content (AvgIpc) is 3.02. The van der Waals surface area contributed by atoms with Crippen molar-refractivity contribution in [2.75, 3.05) is 12.0 Å². The van der Waals surface area contributed by atoms with Crippen LogP contribution in [0.3, 0.4) is 0 Å². The molecule has 1 aromatic heterocycles. The Morgan fingerprint density at radius 3 is 2.65 bits per heavy atom. The van der Waals surface area contributed by atoms with Crippen LogP contribution in [0, 0.1) is 0 Å². The topological polar surface area (TPSA) is 85.8 Å². The second-order valence-corrected chi connectivity index (χ2v) is 6.89. The van der Waals surface area contributed by atoms with Gasteiger partial charge in [0.2, 0.25) is 0 Å². The van der Waals surface area contributed by atoms with Crippen LogP contribution in [-0.2, 0) is 13.1 Å². The fourth-order valence-corrected chi connectivity index (χ4v) is 3.01. The molecule has 26 heavy (non-hydrogen) atoms. The van der Waals surface area contributed by atoms with Crippen LogP contribution in [0.2, 0.25) is 5.02 Å². The van der Waals surface area contributed by atoms with Crippen molar-refractivity contribution in [1.29, 1.82) is 0 Å². The lowest BCUT2D eigenvalue weighted by atomic mass is 10.2. The number of anilines is 1. The number of hydrogen-bond acceptors (Lipinski definition) is 5. The minimum Gasteiger partial charge on any atom is -0.382 e. The van der Waals surface area contributed by atoms with E-state index in [-0.39, 0.29) is 17.4 Å². The molecule has 0 spiro atoms. The Kier molecular flexibility index (Phi) is 5.80. The quantitative estimate of drug-likeness (QED) is 0.634. The van der Waals surface area contributed by atoms with Gasteiger partial charge in [0.05, 0.1) is 6.54 Å². The maximum atomic E-state index is 12.3. The number of halogens is 1. The third-order valence-corrected chi connectivity index (χ3v) is 4.99. The van der Waals surface area contributed by atoms with E-state index in [1.807, 2.05) is 48.7 Å². The zero-order valence-electron chi connectivity index (χ0n) is 14.1. The Morgan fingerprint density at radius 2 is 1.96 bits per heavy atom. The third-order valence-electron chi connectivity index (χ3n) is 3.88. The van der Waals surface area contributed by atoms with Crippen LogP contribution in [0.25, 0.3) is 0 Å². The number of nitrogen functional groups attached to an aromatic ring is 1. The Hall–Kier alpha value is -2.51. The van der Waals surface area contributed by atoms with Crippen molar-refractivity contribution in [1.82, 2.24) is 20.3 Å². The first-order chi connectivity index (χ1) is 12.6. The maximum absolute atomic E-state index is 12.3. The van der Waals surface area contributed by atoms with Crippen LogP contribution in [0.5, 0.6) is 0 Å². The van der Waals surface area contributed by atoms with Crippen molar-refractivity contribution in [3.8, 4) is 0 Å². The van der Waals surface area contributed by atoms with Gasteiger partial charge in [0.25, 0.3) is 5.91 Å². The summed E-state index contributed by atoms with van der Waals surface area (Å²) in [7, 11) is 0. The second-order valence-electron chi connectivity index (χ2n) is 5.60. The van der Waals surface area contributed by atoms with Gasteiger partial charge in [0, 0.05) is 16.5 Å². The number of nitrogens with two attached hydrogens (primary N) is 1. The highest BCUT2D eigenvalue weighted by Crippen LogP contribution is 2.17. The molecule has 0 saturated carbocycles. The molecule has 3 aromatic rings. The van der Waals surface area contributed by atoms with Crippen molar-refractivity contribution in [2.24, 2.45) is 0 Å². The van der Waals surface area contributed by atoms with Gasteiger partial charge in [0.1, 0.15) is 0 Å². The zero-order valence-corrected chi connectivity index (χ0v) is 15.7. The standard InChI is InChI=1S/C18H18ClN5OS/c1-26-14-8-6-12(7-9-14)11-24-17(20)16(22-23-24)18(25)21-10-13-4-2-3-5-15(13)19/h2-9H,10-11,20H2,1H3,(H,21,25).